The van der Waals surface area contributed by atoms with Crippen LogP contribution in [-0.2, 0) is 4.79 Å². The Morgan fingerprint density at radius 3 is 2.44 bits per heavy atom. The van der Waals surface area contributed by atoms with Crippen molar-refractivity contribution in [3.63, 3.8) is 0 Å². The lowest BCUT2D eigenvalue weighted by atomic mass is 10.1. The monoisotopic (exact) mass is 343 g/mol. The third-order valence-corrected chi connectivity index (χ3v) is 3.83. The summed E-state index contributed by atoms with van der Waals surface area (Å²) in [5, 5.41) is 5.16. The van der Waals surface area contributed by atoms with E-state index in [0.717, 1.165) is 11.8 Å². The predicted molar refractivity (Wildman–Crippen MR) is 98.6 cm³/mol. The van der Waals surface area contributed by atoms with Gasteiger partial charge in [0.15, 0.2) is 0 Å². The van der Waals surface area contributed by atoms with Crippen LogP contribution in [0.4, 0.5) is 21.5 Å². The Hall–Kier alpha value is -2.89. The molecule has 25 heavy (non-hydrogen) atoms. The summed E-state index contributed by atoms with van der Waals surface area (Å²) < 4.78 is 13.7. The maximum atomic E-state index is 13.7. The minimum Gasteiger partial charge on any atom is -0.372 e. The fourth-order valence-electron chi connectivity index (χ4n) is 2.26. The highest BCUT2D eigenvalue weighted by Gasteiger charge is 2.12. The largest absolute Gasteiger partial charge is 0.372 e. The Labute approximate surface area is 146 Å². The predicted octanol–water partition coefficient (Wildman–Crippen LogP) is 3.88. The van der Waals surface area contributed by atoms with Crippen molar-refractivity contribution < 1.29 is 14.0 Å². The Morgan fingerprint density at radius 2 is 1.80 bits per heavy atom. The first-order valence-corrected chi connectivity index (χ1v) is 7.99. The SMILES string of the molecule is CC(=O)Nc1cc(C(=O)Nc2cccc(N(C)C(C)C)c2)ccc1F. The van der Waals surface area contributed by atoms with Crippen LogP contribution in [0, 0.1) is 5.82 Å². The first-order chi connectivity index (χ1) is 11.8. The van der Waals surface area contributed by atoms with E-state index in [1.807, 2.05) is 25.2 Å². The minimum absolute atomic E-state index is 0.0200. The van der Waals surface area contributed by atoms with E-state index in [4.69, 9.17) is 0 Å². The lowest BCUT2D eigenvalue weighted by molar-refractivity contribution is -0.114. The van der Waals surface area contributed by atoms with E-state index < -0.39 is 11.7 Å². The van der Waals surface area contributed by atoms with Gasteiger partial charge in [0.25, 0.3) is 5.91 Å². The molecule has 2 N–H and O–H groups in total. The highest BCUT2D eigenvalue weighted by atomic mass is 19.1. The number of hydrogen-bond donors (Lipinski definition) is 2. The molecule has 0 unspecified atom stereocenters. The molecular weight excluding hydrogens is 321 g/mol. The number of amides is 2. The number of hydrogen-bond acceptors (Lipinski definition) is 3. The third-order valence-electron chi connectivity index (χ3n) is 3.83. The van der Waals surface area contributed by atoms with Crippen LogP contribution in [0.1, 0.15) is 31.1 Å². The number of carbonyl (C=O) groups excluding carboxylic acids is 2. The Kier molecular flexibility index (Phi) is 5.75. The summed E-state index contributed by atoms with van der Waals surface area (Å²) in [6.45, 7) is 5.43. The minimum atomic E-state index is -0.590. The van der Waals surface area contributed by atoms with Gasteiger partial charge in [-0.25, -0.2) is 4.39 Å². The lowest BCUT2D eigenvalue weighted by Gasteiger charge is -2.24. The van der Waals surface area contributed by atoms with Crippen molar-refractivity contribution in [2.45, 2.75) is 26.8 Å². The number of halogens is 1. The van der Waals surface area contributed by atoms with Crippen molar-refractivity contribution in [1.82, 2.24) is 0 Å². The molecule has 2 aromatic carbocycles. The summed E-state index contributed by atoms with van der Waals surface area (Å²) in [6.07, 6.45) is 0. The Morgan fingerprint density at radius 1 is 1.08 bits per heavy atom. The van der Waals surface area contributed by atoms with Gasteiger partial charge in [-0.1, -0.05) is 6.07 Å². The highest BCUT2D eigenvalue weighted by molar-refractivity contribution is 6.05. The maximum absolute atomic E-state index is 13.7. The number of rotatable bonds is 5. The number of carbonyl (C=O) groups is 2. The van der Waals surface area contributed by atoms with Gasteiger partial charge < -0.3 is 15.5 Å². The van der Waals surface area contributed by atoms with E-state index in [2.05, 4.69) is 29.4 Å². The summed E-state index contributed by atoms with van der Waals surface area (Å²) in [6, 6.07) is 11.6. The van der Waals surface area contributed by atoms with Crippen LogP contribution in [0.15, 0.2) is 42.5 Å². The molecule has 2 rings (SSSR count). The molecule has 2 amide bonds. The number of anilines is 3. The van der Waals surface area contributed by atoms with Crippen LogP contribution >= 0.6 is 0 Å². The maximum Gasteiger partial charge on any atom is 0.255 e. The second-order valence-corrected chi connectivity index (χ2v) is 6.08. The van der Waals surface area contributed by atoms with Gasteiger partial charge in [-0.3, -0.25) is 9.59 Å². The van der Waals surface area contributed by atoms with E-state index >= 15 is 0 Å². The zero-order valence-corrected chi connectivity index (χ0v) is 14.8. The second-order valence-electron chi connectivity index (χ2n) is 6.08. The van der Waals surface area contributed by atoms with Crippen LogP contribution in [0.5, 0.6) is 0 Å². The first-order valence-electron chi connectivity index (χ1n) is 7.99. The van der Waals surface area contributed by atoms with E-state index in [1.165, 1.54) is 19.1 Å². The summed E-state index contributed by atoms with van der Waals surface area (Å²) in [7, 11) is 1.98. The molecule has 0 atom stereocenters. The Balaban J connectivity index is 2.20. The first kappa shape index (κ1) is 18.4. The number of nitrogens with one attached hydrogen (secondary N) is 2. The second kappa shape index (κ2) is 7.79. The third kappa shape index (κ3) is 4.79. The fourth-order valence-corrected chi connectivity index (χ4v) is 2.26. The van der Waals surface area contributed by atoms with Crippen LogP contribution < -0.4 is 15.5 Å². The quantitative estimate of drug-likeness (QED) is 0.866. The summed E-state index contributed by atoms with van der Waals surface area (Å²) in [4.78, 5) is 25.6. The normalized spacial score (nSPS) is 10.5. The van der Waals surface area contributed by atoms with E-state index in [0.29, 0.717) is 11.7 Å². The van der Waals surface area contributed by atoms with Crippen molar-refractivity contribution in [2.75, 3.05) is 22.6 Å². The molecule has 132 valence electrons. The van der Waals surface area contributed by atoms with Crippen LogP contribution in [0.3, 0.4) is 0 Å². The smallest absolute Gasteiger partial charge is 0.255 e. The number of benzene rings is 2. The average Bonchev–Trinajstić information content (AvgIpc) is 2.55. The summed E-state index contributed by atoms with van der Waals surface area (Å²) >= 11 is 0. The summed E-state index contributed by atoms with van der Waals surface area (Å²) in [5.74, 6) is -1.37. The standard InChI is InChI=1S/C19H22FN3O2/c1-12(2)23(4)16-7-5-6-15(11-16)22-19(25)14-8-9-17(20)18(10-14)21-13(3)24/h5-12H,1-4H3,(H,21,24)(H,22,25). The van der Waals surface area contributed by atoms with Crippen molar-refractivity contribution >= 4 is 28.9 Å². The summed E-state index contributed by atoms with van der Waals surface area (Å²) in [5.41, 5.74) is 1.85. The van der Waals surface area contributed by atoms with Gasteiger partial charge in [0.1, 0.15) is 5.82 Å². The molecule has 0 aliphatic rings. The van der Waals surface area contributed by atoms with Gasteiger partial charge in [-0.05, 0) is 50.2 Å². The van der Waals surface area contributed by atoms with Crippen molar-refractivity contribution in [1.29, 1.82) is 0 Å². The molecule has 0 aliphatic carbocycles. The van der Waals surface area contributed by atoms with Crippen molar-refractivity contribution in [3.8, 4) is 0 Å². The van der Waals surface area contributed by atoms with Crippen LogP contribution in [0.2, 0.25) is 0 Å². The van der Waals surface area contributed by atoms with Crippen LogP contribution in [0.25, 0.3) is 0 Å². The average molecular weight is 343 g/mol. The molecule has 0 aliphatic heterocycles. The van der Waals surface area contributed by atoms with Gasteiger partial charge in [-0.2, -0.15) is 0 Å². The molecule has 0 heterocycles. The van der Waals surface area contributed by atoms with Crippen molar-refractivity contribution in [2.24, 2.45) is 0 Å². The zero-order chi connectivity index (χ0) is 18.6. The van der Waals surface area contributed by atoms with E-state index in [1.54, 1.807) is 6.07 Å². The number of nitrogens with zero attached hydrogens (tertiary/aromatic N) is 1. The molecule has 0 fully saturated rings. The zero-order valence-electron chi connectivity index (χ0n) is 14.8. The molecule has 5 nitrogen and oxygen atoms in total. The fraction of sp³-hybridized carbons (Fsp3) is 0.263. The Bertz CT molecular complexity index is 790. The molecule has 0 spiro atoms. The van der Waals surface area contributed by atoms with Crippen LogP contribution in [-0.4, -0.2) is 24.9 Å². The molecule has 6 heteroatoms. The molecule has 2 aromatic rings. The van der Waals surface area contributed by atoms with Gasteiger partial charge in [0, 0.05) is 37.0 Å². The van der Waals surface area contributed by atoms with Gasteiger partial charge in [0.2, 0.25) is 5.91 Å². The van der Waals surface area contributed by atoms with Gasteiger partial charge >= 0.3 is 0 Å². The molecule has 0 saturated carbocycles. The van der Waals surface area contributed by atoms with Gasteiger partial charge in [0.05, 0.1) is 5.69 Å². The van der Waals surface area contributed by atoms with Crippen molar-refractivity contribution in [3.05, 3.63) is 53.8 Å². The topological polar surface area (TPSA) is 61.4 Å². The molecule has 0 radical (unpaired) electrons. The molecule has 0 aromatic heterocycles. The highest BCUT2D eigenvalue weighted by Crippen LogP contribution is 2.22. The lowest BCUT2D eigenvalue weighted by Crippen LogP contribution is -2.25. The molecule has 0 saturated heterocycles. The molecular formula is C19H22FN3O2. The molecule has 0 bridgehead atoms. The van der Waals surface area contributed by atoms with E-state index in [9.17, 15) is 14.0 Å². The van der Waals surface area contributed by atoms with Gasteiger partial charge in [-0.15, -0.1) is 0 Å². The van der Waals surface area contributed by atoms with E-state index in [-0.39, 0.29) is 17.2 Å².